The predicted molar refractivity (Wildman–Crippen MR) is 144 cm³/mol. The van der Waals surface area contributed by atoms with Crippen molar-refractivity contribution in [1.29, 1.82) is 5.26 Å². The summed E-state index contributed by atoms with van der Waals surface area (Å²) in [7, 11) is 0. The van der Waals surface area contributed by atoms with E-state index in [4.69, 9.17) is 11.0 Å². The second kappa shape index (κ2) is 7.60. The van der Waals surface area contributed by atoms with Crippen LogP contribution in [0.5, 0.6) is 0 Å². The van der Waals surface area contributed by atoms with E-state index in [1.165, 1.54) is 0 Å². The molecule has 0 saturated carbocycles. The number of fused-ring (bicyclic) bond motifs is 6. The van der Waals surface area contributed by atoms with Crippen LogP contribution in [0.2, 0.25) is 0 Å². The molecule has 2 aromatic heterocycles. The maximum absolute atomic E-state index is 9.86. The first-order valence-corrected chi connectivity index (χ1v) is 11.6. The number of nitriles is 1. The lowest BCUT2D eigenvalue weighted by Crippen LogP contribution is -1.93. The minimum atomic E-state index is 0.474. The predicted octanol–water partition coefficient (Wildman–Crippen LogP) is 8.77. The number of para-hydroxylation sites is 2. The standard InChI is InChI=1S/C32H17N3O/c1-34-26-12-6-8-20(19-33)31(26)25-11-7-14-28-32(25)24-10-2-4-13-27(24)35(28)21-16-17-23-22-9-3-5-15-29(22)36-30(23)18-21/h2-18H. The van der Waals surface area contributed by atoms with Crippen molar-refractivity contribution in [3.8, 4) is 22.9 Å². The van der Waals surface area contributed by atoms with Gasteiger partial charge in [-0.25, -0.2) is 4.85 Å². The Hall–Kier alpha value is -5.32. The van der Waals surface area contributed by atoms with Crippen LogP contribution < -0.4 is 0 Å². The third kappa shape index (κ3) is 2.73. The van der Waals surface area contributed by atoms with Gasteiger partial charge in [0.1, 0.15) is 11.2 Å². The molecule has 0 bridgehead atoms. The third-order valence-corrected chi connectivity index (χ3v) is 6.87. The molecule has 7 aromatic rings. The molecule has 0 unspecified atom stereocenters. The van der Waals surface area contributed by atoms with Crippen LogP contribution in [0, 0.1) is 17.9 Å². The molecule has 5 aromatic carbocycles. The fourth-order valence-corrected chi connectivity index (χ4v) is 5.37. The molecule has 0 spiro atoms. The number of hydrogen-bond acceptors (Lipinski definition) is 2. The van der Waals surface area contributed by atoms with Gasteiger partial charge in [-0.15, -0.1) is 0 Å². The van der Waals surface area contributed by atoms with E-state index < -0.39 is 0 Å². The number of benzene rings is 5. The van der Waals surface area contributed by atoms with Gasteiger partial charge in [0.15, 0.2) is 5.69 Å². The minimum absolute atomic E-state index is 0.474. The highest BCUT2D eigenvalue weighted by Crippen LogP contribution is 2.43. The van der Waals surface area contributed by atoms with Gasteiger partial charge in [0.2, 0.25) is 0 Å². The maximum atomic E-state index is 9.86. The second-order valence-corrected chi connectivity index (χ2v) is 8.75. The van der Waals surface area contributed by atoms with Crippen molar-refractivity contribution in [1.82, 2.24) is 4.57 Å². The van der Waals surface area contributed by atoms with Gasteiger partial charge in [0.05, 0.1) is 23.7 Å². The van der Waals surface area contributed by atoms with Crippen LogP contribution in [0.1, 0.15) is 5.56 Å². The summed E-state index contributed by atoms with van der Waals surface area (Å²) < 4.78 is 8.42. The summed E-state index contributed by atoms with van der Waals surface area (Å²) in [5.74, 6) is 0. The van der Waals surface area contributed by atoms with Crippen molar-refractivity contribution in [2.75, 3.05) is 0 Å². The molecule has 0 aliphatic heterocycles. The normalized spacial score (nSPS) is 11.3. The first-order valence-electron chi connectivity index (χ1n) is 11.6. The summed E-state index contributed by atoms with van der Waals surface area (Å²) in [5.41, 5.74) is 7.28. The summed E-state index contributed by atoms with van der Waals surface area (Å²) in [6, 6.07) is 36.4. The van der Waals surface area contributed by atoms with Gasteiger partial charge in [-0.05, 0) is 42.0 Å². The molecule has 0 aliphatic rings. The quantitative estimate of drug-likeness (QED) is 0.243. The Morgan fingerprint density at radius 2 is 1.47 bits per heavy atom. The maximum Gasteiger partial charge on any atom is 0.196 e. The van der Waals surface area contributed by atoms with E-state index >= 15 is 0 Å². The molecule has 166 valence electrons. The average molecular weight is 460 g/mol. The molecule has 4 nitrogen and oxygen atoms in total. The van der Waals surface area contributed by atoms with Crippen LogP contribution in [-0.2, 0) is 0 Å². The largest absolute Gasteiger partial charge is 0.456 e. The number of furan rings is 1. The highest BCUT2D eigenvalue weighted by Gasteiger charge is 2.20. The zero-order valence-corrected chi connectivity index (χ0v) is 19.1. The number of aromatic nitrogens is 1. The van der Waals surface area contributed by atoms with E-state index in [-0.39, 0.29) is 0 Å². The van der Waals surface area contributed by atoms with Crippen LogP contribution in [0.3, 0.4) is 0 Å². The van der Waals surface area contributed by atoms with E-state index in [2.05, 4.69) is 57.9 Å². The Labute approximate surface area is 206 Å². The molecule has 36 heavy (non-hydrogen) atoms. The Morgan fingerprint density at radius 3 is 2.33 bits per heavy atom. The summed E-state index contributed by atoms with van der Waals surface area (Å²) in [4.78, 5) is 3.74. The Kier molecular flexibility index (Phi) is 4.24. The highest BCUT2D eigenvalue weighted by molar-refractivity contribution is 6.17. The number of hydrogen-bond donors (Lipinski definition) is 0. The Morgan fingerprint density at radius 1 is 0.722 bits per heavy atom. The SMILES string of the molecule is [C-]#[N+]c1cccc(C#N)c1-c1cccc2c1c1ccccc1n2-c1ccc2c(c1)oc1ccccc12. The van der Waals surface area contributed by atoms with Gasteiger partial charge >= 0.3 is 0 Å². The van der Waals surface area contributed by atoms with Crippen molar-refractivity contribution >= 4 is 49.4 Å². The van der Waals surface area contributed by atoms with Gasteiger partial charge in [-0.1, -0.05) is 60.7 Å². The molecule has 0 aliphatic carbocycles. The average Bonchev–Trinajstić information content (AvgIpc) is 3.47. The fraction of sp³-hybridized carbons (Fsp3) is 0. The fourth-order valence-electron chi connectivity index (χ4n) is 5.37. The molecule has 0 radical (unpaired) electrons. The van der Waals surface area contributed by atoms with Gasteiger partial charge in [0, 0.05) is 44.4 Å². The van der Waals surface area contributed by atoms with Gasteiger partial charge in [-0.2, -0.15) is 5.26 Å². The molecule has 0 saturated heterocycles. The second-order valence-electron chi connectivity index (χ2n) is 8.75. The van der Waals surface area contributed by atoms with Crippen LogP contribution in [0.15, 0.2) is 108 Å². The molecule has 0 amide bonds. The topological polar surface area (TPSA) is 46.2 Å². The van der Waals surface area contributed by atoms with Crippen LogP contribution >= 0.6 is 0 Å². The lowest BCUT2D eigenvalue weighted by Gasteiger charge is -2.11. The Bertz CT molecular complexity index is 2050. The number of rotatable bonds is 2. The van der Waals surface area contributed by atoms with Crippen LogP contribution in [0.25, 0.3) is 65.4 Å². The molecule has 4 heteroatoms. The van der Waals surface area contributed by atoms with Crippen molar-refractivity contribution < 1.29 is 4.42 Å². The molecular formula is C32H17N3O. The molecule has 7 rings (SSSR count). The molecule has 0 fully saturated rings. The first kappa shape index (κ1) is 20.1. The van der Waals surface area contributed by atoms with Gasteiger partial charge in [0.25, 0.3) is 0 Å². The van der Waals surface area contributed by atoms with E-state index in [0.717, 1.165) is 55.0 Å². The summed E-state index contributed by atoms with van der Waals surface area (Å²) in [6.45, 7) is 7.74. The lowest BCUT2D eigenvalue weighted by atomic mass is 9.94. The van der Waals surface area contributed by atoms with E-state index in [1.54, 1.807) is 18.2 Å². The smallest absolute Gasteiger partial charge is 0.196 e. The van der Waals surface area contributed by atoms with E-state index in [1.807, 2.05) is 42.5 Å². The molecule has 2 heterocycles. The Balaban J connectivity index is 1.59. The van der Waals surface area contributed by atoms with Crippen LogP contribution in [0.4, 0.5) is 5.69 Å². The molecule has 0 atom stereocenters. The van der Waals surface area contributed by atoms with Crippen molar-refractivity contribution in [2.45, 2.75) is 0 Å². The zero-order valence-electron chi connectivity index (χ0n) is 19.1. The summed E-state index contributed by atoms with van der Waals surface area (Å²) >= 11 is 0. The first-order chi connectivity index (χ1) is 17.8. The zero-order chi connectivity index (χ0) is 24.2. The number of nitrogens with zero attached hydrogens (tertiary/aromatic N) is 3. The van der Waals surface area contributed by atoms with Gasteiger partial charge in [-0.3, -0.25) is 0 Å². The van der Waals surface area contributed by atoms with E-state index in [0.29, 0.717) is 16.8 Å². The van der Waals surface area contributed by atoms with Crippen molar-refractivity contribution in [2.24, 2.45) is 0 Å². The third-order valence-electron chi connectivity index (χ3n) is 6.87. The lowest BCUT2D eigenvalue weighted by molar-refractivity contribution is 0.668. The highest BCUT2D eigenvalue weighted by atomic mass is 16.3. The van der Waals surface area contributed by atoms with Crippen molar-refractivity contribution in [3.63, 3.8) is 0 Å². The monoisotopic (exact) mass is 459 g/mol. The molecule has 0 N–H and O–H groups in total. The van der Waals surface area contributed by atoms with E-state index in [9.17, 15) is 5.26 Å². The summed E-state index contributed by atoms with van der Waals surface area (Å²) in [6.07, 6.45) is 0. The molecular weight excluding hydrogens is 442 g/mol. The van der Waals surface area contributed by atoms with Crippen molar-refractivity contribution in [3.05, 3.63) is 120 Å². The summed E-state index contributed by atoms with van der Waals surface area (Å²) in [5, 5.41) is 14.1. The van der Waals surface area contributed by atoms with Crippen LogP contribution in [-0.4, -0.2) is 4.57 Å². The minimum Gasteiger partial charge on any atom is -0.456 e. The van der Waals surface area contributed by atoms with Gasteiger partial charge < -0.3 is 8.98 Å².